The molecule has 0 fully saturated rings. The van der Waals surface area contributed by atoms with Crippen LogP contribution in [0.3, 0.4) is 0 Å². The summed E-state index contributed by atoms with van der Waals surface area (Å²) in [5.74, 6) is 0. The first-order valence-corrected chi connectivity index (χ1v) is 8.45. The van der Waals surface area contributed by atoms with Crippen molar-refractivity contribution in [2.75, 3.05) is 12.3 Å². The van der Waals surface area contributed by atoms with E-state index in [9.17, 15) is 8.42 Å². The molecule has 5 heteroatoms. The summed E-state index contributed by atoms with van der Waals surface area (Å²) in [5, 5.41) is 1.52. The molecule has 2 rings (SSSR count). The average molecular weight is 306 g/mol. The first-order valence-electron chi connectivity index (χ1n) is 6.97. The first kappa shape index (κ1) is 15.8. The smallest absolute Gasteiger partial charge is 0.241 e. The summed E-state index contributed by atoms with van der Waals surface area (Å²) in [6, 6.07) is 10.5. The molecule has 2 aromatic rings. The molecule has 0 amide bonds. The summed E-state index contributed by atoms with van der Waals surface area (Å²) >= 11 is 0. The van der Waals surface area contributed by atoms with E-state index < -0.39 is 10.0 Å². The topological polar surface area (TPSA) is 72.2 Å². The van der Waals surface area contributed by atoms with Crippen LogP contribution < -0.4 is 10.5 Å². The Morgan fingerprint density at radius 1 is 1.14 bits per heavy atom. The van der Waals surface area contributed by atoms with Crippen LogP contribution in [-0.4, -0.2) is 15.0 Å². The SMILES string of the molecule is CC(C)(C)CCNS(=O)(=O)c1cccc2cc(N)ccc12. The molecule has 0 saturated heterocycles. The molecule has 0 saturated carbocycles. The number of hydrogen-bond acceptors (Lipinski definition) is 3. The average Bonchev–Trinajstić information content (AvgIpc) is 2.35. The maximum atomic E-state index is 12.5. The zero-order valence-electron chi connectivity index (χ0n) is 12.7. The monoisotopic (exact) mass is 306 g/mol. The van der Waals surface area contributed by atoms with Crippen molar-refractivity contribution in [1.82, 2.24) is 4.72 Å². The largest absolute Gasteiger partial charge is 0.399 e. The number of rotatable bonds is 4. The third-order valence-electron chi connectivity index (χ3n) is 3.32. The second-order valence-electron chi connectivity index (χ2n) is 6.45. The molecule has 0 aliphatic carbocycles. The van der Waals surface area contributed by atoms with Crippen molar-refractivity contribution in [1.29, 1.82) is 0 Å². The van der Waals surface area contributed by atoms with Crippen LogP contribution in [0.4, 0.5) is 5.69 Å². The Balaban J connectivity index is 2.32. The Morgan fingerprint density at radius 2 is 1.86 bits per heavy atom. The van der Waals surface area contributed by atoms with E-state index in [0.29, 0.717) is 22.5 Å². The number of nitrogens with one attached hydrogen (secondary N) is 1. The fraction of sp³-hybridized carbons (Fsp3) is 0.375. The molecule has 0 radical (unpaired) electrons. The third-order valence-corrected chi connectivity index (χ3v) is 4.84. The van der Waals surface area contributed by atoms with Crippen LogP contribution in [0.1, 0.15) is 27.2 Å². The summed E-state index contributed by atoms with van der Waals surface area (Å²) in [6.07, 6.45) is 0.782. The van der Waals surface area contributed by atoms with Crippen LogP contribution in [0.2, 0.25) is 0 Å². The van der Waals surface area contributed by atoms with Gasteiger partial charge in [-0.05, 0) is 35.4 Å². The Bertz CT molecular complexity index is 746. The minimum Gasteiger partial charge on any atom is -0.399 e. The summed E-state index contributed by atoms with van der Waals surface area (Å²) in [4.78, 5) is 0.300. The van der Waals surface area contributed by atoms with Gasteiger partial charge in [0.1, 0.15) is 0 Å². The Kier molecular flexibility index (Phi) is 4.25. The number of sulfonamides is 1. The Labute approximate surface area is 126 Å². The molecule has 0 aromatic heterocycles. The summed E-state index contributed by atoms with van der Waals surface area (Å²) in [6.45, 7) is 6.68. The lowest BCUT2D eigenvalue weighted by Crippen LogP contribution is -2.27. The summed E-state index contributed by atoms with van der Waals surface area (Å²) in [5.41, 5.74) is 6.46. The zero-order valence-corrected chi connectivity index (χ0v) is 13.5. The van der Waals surface area contributed by atoms with Gasteiger partial charge in [0.15, 0.2) is 0 Å². The van der Waals surface area contributed by atoms with E-state index in [1.54, 1.807) is 30.3 Å². The quantitative estimate of drug-likeness (QED) is 0.852. The van der Waals surface area contributed by atoms with Gasteiger partial charge in [0.2, 0.25) is 10.0 Å². The normalized spacial score (nSPS) is 12.7. The van der Waals surface area contributed by atoms with Gasteiger partial charge in [-0.25, -0.2) is 13.1 Å². The molecule has 2 aromatic carbocycles. The molecule has 21 heavy (non-hydrogen) atoms. The van der Waals surface area contributed by atoms with Gasteiger partial charge in [-0.1, -0.05) is 39.0 Å². The molecule has 0 spiro atoms. The van der Waals surface area contributed by atoms with Crippen LogP contribution >= 0.6 is 0 Å². The van der Waals surface area contributed by atoms with Gasteiger partial charge in [-0.15, -0.1) is 0 Å². The van der Waals surface area contributed by atoms with Gasteiger partial charge in [0, 0.05) is 17.6 Å². The summed E-state index contributed by atoms with van der Waals surface area (Å²) in [7, 11) is -3.51. The van der Waals surface area contributed by atoms with Crippen molar-refractivity contribution in [3.63, 3.8) is 0 Å². The highest BCUT2D eigenvalue weighted by molar-refractivity contribution is 7.89. The Morgan fingerprint density at radius 3 is 2.52 bits per heavy atom. The van der Waals surface area contributed by atoms with Crippen LogP contribution in [0.5, 0.6) is 0 Å². The second-order valence-corrected chi connectivity index (χ2v) is 8.18. The number of anilines is 1. The van der Waals surface area contributed by atoms with Crippen molar-refractivity contribution >= 4 is 26.5 Å². The highest BCUT2D eigenvalue weighted by atomic mass is 32.2. The molecule has 0 unspecified atom stereocenters. The number of hydrogen-bond donors (Lipinski definition) is 2. The van der Waals surface area contributed by atoms with E-state index in [1.165, 1.54) is 0 Å². The van der Waals surface area contributed by atoms with Gasteiger partial charge < -0.3 is 5.73 Å². The number of nitrogens with two attached hydrogens (primary N) is 1. The molecule has 0 aliphatic rings. The lowest BCUT2D eigenvalue weighted by atomic mass is 9.93. The van der Waals surface area contributed by atoms with E-state index in [0.717, 1.165) is 11.8 Å². The highest BCUT2D eigenvalue weighted by Crippen LogP contribution is 2.25. The van der Waals surface area contributed by atoms with Crippen molar-refractivity contribution in [3.05, 3.63) is 36.4 Å². The van der Waals surface area contributed by atoms with Crippen molar-refractivity contribution < 1.29 is 8.42 Å². The number of nitrogen functional groups attached to an aromatic ring is 1. The van der Waals surface area contributed by atoms with E-state index >= 15 is 0 Å². The fourth-order valence-corrected chi connectivity index (χ4v) is 3.40. The van der Waals surface area contributed by atoms with E-state index in [-0.39, 0.29) is 5.41 Å². The molecule has 0 aliphatic heterocycles. The molecule has 0 atom stereocenters. The molecular formula is C16H22N2O2S. The lowest BCUT2D eigenvalue weighted by molar-refractivity contribution is 0.378. The number of benzene rings is 2. The Hall–Kier alpha value is -1.59. The third kappa shape index (κ3) is 3.95. The molecule has 114 valence electrons. The van der Waals surface area contributed by atoms with Crippen LogP contribution in [0, 0.1) is 5.41 Å². The van der Waals surface area contributed by atoms with E-state index in [2.05, 4.69) is 25.5 Å². The predicted octanol–water partition coefficient (Wildman–Crippen LogP) is 3.14. The maximum absolute atomic E-state index is 12.5. The molecule has 0 heterocycles. The minimum absolute atomic E-state index is 0.0930. The van der Waals surface area contributed by atoms with Crippen molar-refractivity contribution in [3.8, 4) is 0 Å². The van der Waals surface area contributed by atoms with Crippen molar-refractivity contribution in [2.24, 2.45) is 5.41 Å². The predicted molar refractivity (Wildman–Crippen MR) is 87.6 cm³/mol. The standard InChI is InChI=1S/C16H22N2O2S/c1-16(2,3)9-10-18-21(19,20)15-6-4-5-12-11-13(17)7-8-14(12)15/h4-8,11,18H,9-10,17H2,1-3H3. The van der Waals surface area contributed by atoms with Gasteiger partial charge >= 0.3 is 0 Å². The van der Waals surface area contributed by atoms with Gasteiger partial charge in [0.05, 0.1) is 4.90 Å². The van der Waals surface area contributed by atoms with E-state index in [4.69, 9.17) is 5.73 Å². The lowest BCUT2D eigenvalue weighted by Gasteiger charge is -2.18. The van der Waals surface area contributed by atoms with Gasteiger partial charge in [0.25, 0.3) is 0 Å². The highest BCUT2D eigenvalue weighted by Gasteiger charge is 2.18. The molecule has 3 N–H and O–H groups in total. The second kappa shape index (κ2) is 5.66. The van der Waals surface area contributed by atoms with Crippen LogP contribution in [-0.2, 0) is 10.0 Å². The summed E-state index contributed by atoms with van der Waals surface area (Å²) < 4.78 is 27.6. The first-order chi connectivity index (χ1) is 9.69. The fourth-order valence-electron chi connectivity index (χ4n) is 2.14. The van der Waals surface area contributed by atoms with Gasteiger partial charge in [-0.3, -0.25) is 0 Å². The van der Waals surface area contributed by atoms with Crippen LogP contribution in [0.25, 0.3) is 10.8 Å². The molecule has 4 nitrogen and oxygen atoms in total. The van der Waals surface area contributed by atoms with Crippen LogP contribution in [0.15, 0.2) is 41.3 Å². The molecule has 0 bridgehead atoms. The van der Waals surface area contributed by atoms with E-state index in [1.807, 2.05) is 6.07 Å². The maximum Gasteiger partial charge on any atom is 0.241 e. The zero-order chi connectivity index (χ0) is 15.7. The number of fused-ring (bicyclic) bond motifs is 1. The van der Waals surface area contributed by atoms with Gasteiger partial charge in [-0.2, -0.15) is 0 Å². The van der Waals surface area contributed by atoms with Crippen molar-refractivity contribution in [2.45, 2.75) is 32.1 Å². The molecular weight excluding hydrogens is 284 g/mol. The minimum atomic E-state index is -3.51.